The molecule has 0 unspecified atom stereocenters. The Morgan fingerprint density at radius 2 is 1.91 bits per heavy atom. The molecule has 0 bridgehead atoms. The number of ketones is 1. The zero-order valence-electron chi connectivity index (χ0n) is 13.8. The number of fused-ring (bicyclic) bond motifs is 6. The van der Waals surface area contributed by atoms with Gasteiger partial charge in [0.15, 0.2) is 5.78 Å². The molecule has 0 aromatic carbocycles. The maximum absolute atomic E-state index is 12.5. The van der Waals surface area contributed by atoms with E-state index in [1.807, 2.05) is 0 Å². The minimum atomic E-state index is -0.693. The summed E-state index contributed by atoms with van der Waals surface area (Å²) in [5.41, 5.74) is 0.176. The van der Waals surface area contributed by atoms with E-state index in [2.05, 4.69) is 13.8 Å². The Morgan fingerprint density at radius 1 is 1.09 bits per heavy atom. The van der Waals surface area contributed by atoms with Crippen LogP contribution >= 0.6 is 0 Å². The molecular weight excluding hydrogens is 276 g/mol. The van der Waals surface area contributed by atoms with Gasteiger partial charge in [-0.1, -0.05) is 13.8 Å². The van der Waals surface area contributed by atoms with Crippen molar-refractivity contribution in [2.75, 3.05) is 0 Å². The summed E-state index contributed by atoms with van der Waals surface area (Å²) in [6, 6.07) is 0. The minimum Gasteiger partial charge on any atom is -0.385 e. The third-order valence-electron chi connectivity index (χ3n) is 8.64. The average Bonchev–Trinajstić information content (AvgIpc) is 3.18. The second-order valence-corrected chi connectivity index (χ2v) is 9.38. The molecule has 4 saturated carbocycles. The number of carbonyl (C=O) groups is 1. The zero-order valence-corrected chi connectivity index (χ0v) is 13.8. The molecular formula is C19H28O3. The largest absolute Gasteiger partial charge is 0.385 e. The van der Waals surface area contributed by atoms with Crippen molar-refractivity contribution < 1.29 is 14.6 Å². The minimum absolute atomic E-state index is 0.137. The van der Waals surface area contributed by atoms with E-state index < -0.39 is 6.10 Å². The summed E-state index contributed by atoms with van der Waals surface area (Å²) in [6.07, 6.45) is 8.39. The number of rotatable bonds is 0. The first-order valence-electron chi connectivity index (χ1n) is 9.31. The van der Waals surface area contributed by atoms with E-state index in [9.17, 15) is 9.90 Å². The van der Waals surface area contributed by atoms with Crippen LogP contribution in [0.25, 0.3) is 0 Å². The van der Waals surface area contributed by atoms with E-state index in [0.29, 0.717) is 29.5 Å². The summed E-state index contributed by atoms with van der Waals surface area (Å²) in [6.45, 7) is 4.66. The standard InChI is InChI=1S/C19H28O3/c1-18-6-5-12-11(13(18)8-14(20)17(18)21)4-3-10-7-15-16(22-15)9-19(10,12)2/h10-16,20H,3-9H2,1-2H3/t10-,11+,12-,13-,14+,15-,16+,18-,19-/m0/s1. The van der Waals surface area contributed by atoms with Crippen molar-refractivity contribution in [3.63, 3.8) is 0 Å². The Kier molecular flexibility index (Phi) is 2.64. The van der Waals surface area contributed by atoms with Gasteiger partial charge in [0.1, 0.15) is 6.10 Å². The van der Waals surface area contributed by atoms with Crippen molar-refractivity contribution in [2.45, 2.75) is 77.1 Å². The van der Waals surface area contributed by atoms with Gasteiger partial charge < -0.3 is 9.84 Å². The molecule has 0 amide bonds. The number of aliphatic hydroxyl groups is 1. The molecule has 3 nitrogen and oxygen atoms in total. The van der Waals surface area contributed by atoms with Crippen molar-refractivity contribution in [1.29, 1.82) is 0 Å². The molecule has 122 valence electrons. The van der Waals surface area contributed by atoms with Gasteiger partial charge in [0, 0.05) is 5.41 Å². The first-order valence-corrected chi connectivity index (χ1v) is 9.31. The molecule has 0 radical (unpaired) electrons. The highest BCUT2D eigenvalue weighted by atomic mass is 16.6. The normalized spacial score (nSPS) is 62.7. The molecule has 0 aromatic heterocycles. The van der Waals surface area contributed by atoms with Crippen LogP contribution in [0.1, 0.15) is 58.8 Å². The number of epoxide rings is 1. The average molecular weight is 304 g/mol. The van der Waals surface area contributed by atoms with Crippen LogP contribution in [-0.2, 0) is 9.53 Å². The topological polar surface area (TPSA) is 49.8 Å². The van der Waals surface area contributed by atoms with Gasteiger partial charge in [-0.2, -0.15) is 0 Å². The summed E-state index contributed by atoms with van der Waals surface area (Å²) < 4.78 is 5.86. The molecule has 1 N–H and O–H groups in total. The molecule has 4 aliphatic carbocycles. The quantitative estimate of drug-likeness (QED) is 0.700. The summed E-state index contributed by atoms with van der Waals surface area (Å²) in [5, 5.41) is 10.2. The molecule has 1 heterocycles. The Labute approximate surface area is 132 Å². The SMILES string of the molecule is C[C@]12C[C@H]3O[C@H]3C[C@@H]1CC[C@@H]1[C@@H]2CC[C@]2(C)C(=O)[C@H](O)C[C@@H]12. The van der Waals surface area contributed by atoms with Crippen LogP contribution in [-0.4, -0.2) is 29.2 Å². The van der Waals surface area contributed by atoms with Gasteiger partial charge in [-0.25, -0.2) is 0 Å². The number of hydrogen-bond donors (Lipinski definition) is 1. The number of aliphatic hydroxyl groups excluding tert-OH is 1. The predicted octanol–water partition coefficient (Wildman–Crippen LogP) is 2.95. The molecule has 0 spiro atoms. The summed E-state index contributed by atoms with van der Waals surface area (Å²) in [5.74, 6) is 2.77. The molecule has 5 aliphatic rings. The van der Waals surface area contributed by atoms with E-state index in [1.165, 1.54) is 32.1 Å². The van der Waals surface area contributed by atoms with E-state index in [0.717, 1.165) is 24.7 Å². The Balaban J connectivity index is 1.49. The summed E-state index contributed by atoms with van der Waals surface area (Å²) in [7, 11) is 0. The van der Waals surface area contributed by atoms with E-state index in [-0.39, 0.29) is 11.2 Å². The number of ether oxygens (including phenoxy) is 1. The van der Waals surface area contributed by atoms with Crippen molar-refractivity contribution in [3.05, 3.63) is 0 Å². The van der Waals surface area contributed by atoms with E-state index >= 15 is 0 Å². The number of carbonyl (C=O) groups excluding carboxylic acids is 1. The fourth-order valence-corrected chi connectivity index (χ4v) is 7.31. The lowest BCUT2D eigenvalue weighted by molar-refractivity contribution is -0.141. The first kappa shape index (κ1) is 14.0. The van der Waals surface area contributed by atoms with E-state index in [1.54, 1.807) is 0 Å². The molecule has 1 saturated heterocycles. The molecule has 0 aromatic rings. The highest BCUT2D eigenvalue weighted by molar-refractivity contribution is 5.91. The van der Waals surface area contributed by atoms with Crippen LogP contribution < -0.4 is 0 Å². The van der Waals surface area contributed by atoms with Gasteiger partial charge in [-0.05, 0) is 74.0 Å². The monoisotopic (exact) mass is 304 g/mol. The van der Waals surface area contributed by atoms with Crippen molar-refractivity contribution in [2.24, 2.45) is 34.5 Å². The highest BCUT2D eigenvalue weighted by Crippen LogP contribution is 2.67. The third-order valence-corrected chi connectivity index (χ3v) is 8.64. The van der Waals surface area contributed by atoms with Crippen LogP contribution in [0.4, 0.5) is 0 Å². The fourth-order valence-electron chi connectivity index (χ4n) is 7.31. The Bertz CT molecular complexity index is 531. The van der Waals surface area contributed by atoms with Gasteiger partial charge in [0.05, 0.1) is 12.2 Å². The van der Waals surface area contributed by atoms with Crippen LogP contribution in [0.2, 0.25) is 0 Å². The molecule has 5 fully saturated rings. The maximum Gasteiger partial charge on any atom is 0.167 e. The molecule has 5 rings (SSSR count). The highest BCUT2D eigenvalue weighted by Gasteiger charge is 2.64. The molecule has 1 aliphatic heterocycles. The van der Waals surface area contributed by atoms with Crippen LogP contribution in [0.5, 0.6) is 0 Å². The van der Waals surface area contributed by atoms with Crippen LogP contribution in [0, 0.1) is 34.5 Å². The zero-order chi connectivity index (χ0) is 15.3. The Hall–Kier alpha value is -0.410. The lowest BCUT2D eigenvalue weighted by Crippen LogP contribution is -2.53. The predicted molar refractivity (Wildman–Crippen MR) is 82.2 cm³/mol. The molecule has 9 atom stereocenters. The lowest BCUT2D eigenvalue weighted by atomic mass is 9.45. The van der Waals surface area contributed by atoms with Crippen molar-refractivity contribution >= 4 is 5.78 Å². The third kappa shape index (κ3) is 1.57. The van der Waals surface area contributed by atoms with E-state index in [4.69, 9.17) is 4.74 Å². The Morgan fingerprint density at radius 3 is 2.73 bits per heavy atom. The van der Waals surface area contributed by atoms with Crippen molar-refractivity contribution in [3.8, 4) is 0 Å². The van der Waals surface area contributed by atoms with Gasteiger partial charge >= 0.3 is 0 Å². The summed E-state index contributed by atoms with van der Waals surface area (Å²) >= 11 is 0. The number of Topliss-reactive ketones (excluding diaryl/α,β-unsaturated/α-hetero) is 1. The first-order chi connectivity index (χ1) is 10.4. The second kappa shape index (κ2) is 4.16. The number of hydrogen-bond acceptors (Lipinski definition) is 3. The van der Waals surface area contributed by atoms with Gasteiger partial charge in [0.2, 0.25) is 0 Å². The van der Waals surface area contributed by atoms with Crippen molar-refractivity contribution in [1.82, 2.24) is 0 Å². The second-order valence-electron chi connectivity index (χ2n) is 9.38. The fraction of sp³-hybridized carbons (Fsp3) is 0.947. The van der Waals surface area contributed by atoms with Gasteiger partial charge in [0.25, 0.3) is 0 Å². The molecule has 22 heavy (non-hydrogen) atoms. The van der Waals surface area contributed by atoms with Crippen LogP contribution in [0.3, 0.4) is 0 Å². The summed E-state index contributed by atoms with van der Waals surface area (Å²) in [4.78, 5) is 12.5. The maximum atomic E-state index is 12.5. The smallest absolute Gasteiger partial charge is 0.167 e. The molecule has 3 heteroatoms. The van der Waals surface area contributed by atoms with Gasteiger partial charge in [-0.15, -0.1) is 0 Å². The van der Waals surface area contributed by atoms with Crippen LogP contribution in [0.15, 0.2) is 0 Å². The van der Waals surface area contributed by atoms with Gasteiger partial charge in [-0.3, -0.25) is 4.79 Å². The lowest BCUT2D eigenvalue weighted by Gasteiger charge is -2.58.